The molecule has 158 valence electrons. The third kappa shape index (κ3) is 6.40. The van der Waals surface area contributed by atoms with E-state index in [4.69, 9.17) is 23.2 Å². The van der Waals surface area contributed by atoms with Crippen LogP contribution in [0.4, 0.5) is 0 Å². The number of hydrogen-bond donors (Lipinski definition) is 3. The Morgan fingerprint density at radius 3 is 2.55 bits per heavy atom. The Bertz CT molecular complexity index is 1020. The molecule has 0 saturated heterocycles. The Morgan fingerprint density at radius 1 is 1.19 bits per heavy atom. The summed E-state index contributed by atoms with van der Waals surface area (Å²) in [7, 11) is 0. The number of aliphatic hydroxyl groups is 1. The molecule has 0 spiro atoms. The molecule has 0 unspecified atom stereocenters. The van der Waals surface area contributed by atoms with Gasteiger partial charge < -0.3 is 31.9 Å². The van der Waals surface area contributed by atoms with E-state index in [2.05, 4.69) is 22.5 Å². The van der Waals surface area contributed by atoms with E-state index in [9.17, 15) is 5.11 Å². The van der Waals surface area contributed by atoms with E-state index < -0.39 is 0 Å². The summed E-state index contributed by atoms with van der Waals surface area (Å²) in [6.45, 7) is 2.58. The predicted molar refractivity (Wildman–Crippen MR) is 121 cm³/mol. The van der Waals surface area contributed by atoms with E-state index in [0.29, 0.717) is 17.4 Å². The van der Waals surface area contributed by atoms with E-state index in [0.717, 1.165) is 47.3 Å². The van der Waals surface area contributed by atoms with Crippen LogP contribution < -0.4 is 63.0 Å². The second kappa shape index (κ2) is 12.7. The summed E-state index contributed by atoms with van der Waals surface area (Å²) in [6.07, 6.45) is 2.91. The number of amidine groups is 1. The van der Waals surface area contributed by atoms with Gasteiger partial charge in [-0.2, -0.15) is 0 Å². The zero-order valence-corrected chi connectivity index (χ0v) is 21.8. The van der Waals surface area contributed by atoms with Crippen molar-refractivity contribution in [2.75, 3.05) is 0 Å². The molecule has 2 aromatic carbocycles. The van der Waals surface area contributed by atoms with E-state index in [1.54, 1.807) is 0 Å². The smallest absolute Gasteiger partial charge is 0.541 e. The van der Waals surface area contributed by atoms with Gasteiger partial charge in [-0.3, -0.25) is 0 Å². The van der Waals surface area contributed by atoms with Crippen LogP contribution in [0.2, 0.25) is 5.15 Å². The molecular formula is C22H26ClKN6O. The van der Waals surface area contributed by atoms with Crippen LogP contribution in [0.15, 0.2) is 53.6 Å². The number of rotatable bonds is 9. The number of aliphatic hydroxyl groups excluding tert-OH is 1. The summed E-state index contributed by atoms with van der Waals surface area (Å²) >= 11 is 6.24. The molecule has 0 bridgehead atoms. The van der Waals surface area contributed by atoms with Crippen LogP contribution in [0.1, 0.15) is 42.4 Å². The van der Waals surface area contributed by atoms with Crippen molar-refractivity contribution >= 4 is 17.4 Å². The van der Waals surface area contributed by atoms with Gasteiger partial charge in [0.15, 0.2) is 5.15 Å². The third-order valence-corrected chi connectivity index (χ3v) is 5.28. The minimum Gasteiger partial charge on any atom is -0.541 e. The maximum absolute atomic E-state index is 9.75. The molecule has 0 aliphatic carbocycles. The standard InChI is InChI=1S/C22H26ClN6O.K/c1-2-3-8-20-26-21(23)19(14-30)29(20)13-15-9-11-16(12-10-15)17-6-4-5-7-18(17)22(24)27-28-25;/h4-7,9-12,30H,2-3,8,13-14,25H2,1H3,(H2,24,27);/q-1;+1. The molecule has 0 atom stereocenters. The Morgan fingerprint density at radius 2 is 1.90 bits per heavy atom. The van der Waals surface area contributed by atoms with Crippen LogP contribution in [0.3, 0.4) is 0 Å². The summed E-state index contributed by atoms with van der Waals surface area (Å²) < 4.78 is 2.01. The number of hydrogen-bond acceptors (Lipinski definition) is 4. The number of benzene rings is 2. The largest absolute Gasteiger partial charge is 1.00 e. The average molecular weight is 465 g/mol. The zero-order valence-electron chi connectivity index (χ0n) is 17.9. The number of nitrogens with two attached hydrogens (primary N) is 2. The van der Waals surface area contributed by atoms with Gasteiger partial charge in [0.05, 0.1) is 12.3 Å². The fourth-order valence-electron chi connectivity index (χ4n) is 3.41. The maximum Gasteiger partial charge on any atom is 1.00 e. The number of nitrogens with zero attached hydrogens (tertiary/aromatic N) is 4. The van der Waals surface area contributed by atoms with Gasteiger partial charge in [0.2, 0.25) is 0 Å². The number of imidazole rings is 1. The summed E-state index contributed by atoms with van der Waals surface area (Å²) in [4.78, 5) is 4.45. The number of aryl methyl sites for hydroxylation is 1. The molecule has 31 heavy (non-hydrogen) atoms. The topological polar surface area (TPSA) is 117 Å². The first kappa shape index (κ1) is 26.0. The summed E-state index contributed by atoms with van der Waals surface area (Å²) in [5.74, 6) is 6.30. The molecule has 9 heteroatoms. The van der Waals surface area contributed by atoms with Crippen LogP contribution in [0.5, 0.6) is 0 Å². The van der Waals surface area contributed by atoms with Gasteiger partial charge in [-0.1, -0.05) is 73.5 Å². The Kier molecular flexibility index (Phi) is 10.7. The summed E-state index contributed by atoms with van der Waals surface area (Å²) in [6, 6.07) is 15.9. The second-order valence-corrected chi connectivity index (χ2v) is 7.31. The molecule has 3 aromatic rings. The molecule has 0 amide bonds. The van der Waals surface area contributed by atoms with E-state index >= 15 is 0 Å². The fourth-order valence-corrected chi connectivity index (χ4v) is 3.67. The molecule has 0 radical (unpaired) electrons. The first-order valence-electron chi connectivity index (χ1n) is 9.85. The Labute approximate surface area is 230 Å². The van der Waals surface area contributed by atoms with Crippen LogP contribution in [-0.4, -0.2) is 20.5 Å². The monoisotopic (exact) mass is 464 g/mol. The fraction of sp³-hybridized carbons (Fsp3) is 0.273. The maximum atomic E-state index is 9.75. The molecule has 0 aliphatic rings. The van der Waals surface area contributed by atoms with Gasteiger partial charge in [-0.15, -0.1) is 0 Å². The van der Waals surface area contributed by atoms with Crippen molar-refractivity contribution in [3.05, 3.63) is 81.9 Å². The SMILES string of the molecule is CCCCc1nc(Cl)c(CO)n1Cc1ccc(-c2ccccc2/C(N)=N/[N-]N)cc1.[K+]. The van der Waals surface area contributed by atoms with Crippen molar-refractivity contribution in [1.82, 2.24) is 9.55 Å². The molecule has 0 aliphatic heterocycles. The molecular weight excluding hydrogens is 439 g/mol. The first-order valence-corrected chi connectivity index (χ1v) is 10.2. The zero-order chi connectivity index (χ0) is 21.5. The van der Waals surface area contributed by atoms with Crippen molar-refractivity contribution in [3.8, 4) is 11.1 Å². The quantitative estimate of drug-likeness (QED) is 0.144. The molecule has 0 fully saturated rings. The third-order valence-electron chi connectivity index (χ3n) is 4.98. The number of unbranched alkanes of at least 4 members (excludes halogenated alkanes) is 1. The molecule has 0 saturated carbocycles. The first-order chi connectivity index (χ1) is 14.6. The van der Waals surface area contributed by atoms with Gasteiger partial charge in [0.25, 0.3) is 0 Å². The van der Waals surface area contributed by atoms with Gasteiger partial charge in [-0.05, 0) is 23.1 Å². The Balaban J connectivity index is 0.00000341. The van der Waals surface area contributed by atoms with Crippen LogP contribution in [0, 0.1) is 0 Å². The van der Waals surface area contributed by atoms with Gasteiger partial charge >= 0.3 is 51.4 Å². The van der Waals surface area contributed by atoms with Crippen LogP contribution in [0.25, 0.3) is 16.7 Å². The molecule has 1 aromatic heterocycles. The molecule has 3 rings (SSSR count). The van der Waals surface area contributed by atoms with Crippen molar-refractivity contribution in [3.63, 3.8) is 0 Å². The van der Waals surface area contributed by atoms with Gasteiger partial charge in [0.1, 0.15) is 11.7 Å². The van der Waals surface area contributed by atoms with E-state index in [1.807, 2.05) is 53.1 Å². The number of halogens is 1. The molecule has 5 N–H and O–H groups in total. The molecule has 7 nitrogen and oxygen atoms in total. The Hall–Kier alpha value is -1.23. The van der Waals surface area contributed by atoms with Crippen molar-refractivity contribution in [1.29, 1.82) is 0 Å². The second-order valence-electron chi connectivity index (χ2n) is 6.96. The van der Waals surface area contributed by atoms with Crippen molar-refractivity contribution in [2.24, 2.45) is 16.7 Å². The average Bonchev–Trinajstić information content (AvgIpc) is 3.06. The predicted octanol–water partition coefficient (Wildman–Crippen LogP) is 0.958. The normalized spacial score (nSPS) is 11.3. The van der Waals surface area contributed by atoms with Gasteiger partial charge in [-0.25, -0.2) is 4.98 Å². The van der Waals surface area contributed by atoms with Crippen LogP contribution >= 0.6 is 11.6 Å². The minimum absolute atomic E-state index is 0. The van der Waals surface area contributed by atoms with Crippen molar-refractivity contribution < 1.29 is 56.5 Å². The van der Waals surface area contributed by atoms with Crippen LogP contribution in [-0.2, 0) is 19.6 Å². The van der Waals surface area contributed by atoms with Crippen molar-refractivity contribution in [2.45, 2.75) is 39.3 Å². The molecule has 1 heterocycles. The van der Waals surface area contributed by atoms with Gasteiger partial charge in [0, 0.05) is 18.5 Å². The summed E-state index contributed by atoms with van der Waals surface area (Å²) in [5.41, 5.74) is 13.7. The van der Waals surface area contributed by atoms with E-state index in [1.165, 1.54) is 0 Å². The number of aromatic nitrogens is 2. The summed E-state index contributed by atoms with van der Waals surface area (Å²) in [5, 5.41) is 13.9. The van der Waals surface area contributed by atoms with E-state index in [-0.39, 0.29) is 63.8 Å². The minimum atomic E-state index is -0.145.